The van der Waals surface area contributed by atoms with Crippen molar-refractivity contribution in [2.45, 2.75) is 20.4 Å². The molecule has 0 radical (unpaired) electrons. The first-order chi connectivity index (χ1) is 18.8. The number of nitrogens with one attached hydrogen (secondary N) is 2. The first-order valence-corrected chi connectivity index (χ1v) is 12.9. The summed E-state index contributed by atoms with van der Waals surface area (Å²) in [6.45, 7) is 4.34. The molecule has 39 heavy (non-hydrogen) atoms. The SMILES string of the molecule is CCNc1nc2cc(Cl)c(Nc3nc(=O)n(-c4cncc(C)c4)c(=O)n3Cc3ccc(F)c(C#N)c3)cc2s1. The largest absolute Gasteiger partial charge is 0.362 e. The van der Waals surface area contributed by atoms with Crippen molar-refractivity contribution in [3.05, 3.63) is 97.3 Å². The number of hydrogen-bond donors (Lipinski definition) is 2. The second-order valence-corrected chi connectivity index (χ2v) is 9.98. The molecule has 0 saturated heterocycles. The van der Waals surface area contributed by atoms with E-state index in [0.29, 0.717) is 28.3 Å². The van der Waals surface area contributed by atoms with E-state index in [4.69, 9.17) is 11.6 Å². The number of thiazole rings is 1. The molecule has 0 aliphatic rings. The molecule has 3 aromatic heterocycles. The number of nitrogens with zero attached hydrogens (tertiary/aromatic N) is 6. The minimum absolute atomic E-state index is 0.0811. The van der Waals surface area contributed by atoms with E-state index in [0.717, 1.165) is 26.0 Å². The van der Waals surface area contributed by atoms with Gasteiger partial charge in [0, 0.05) is 12.7 Å². The molecule has 3 heterocycles. The number of halogens is 2. The van der Waals surface area contributed by atoms with Crippen molar-refractivity contribution in [3.8, 4) is 11.8 Å². The summed E-state index contributed by atoms with van der Waals surface area (Å²) in [7, 11) is 0. The second-order valence-electron chi connectivity index (χ2n) is 8.54. The predicted molar refractivity (Wildman–Crippen MR) is 149 cm³/mol. The van der Waals surface area contributed by atoms with Crippen LogP contribution >= 0.6 is 22.9 Å². The van der Waals surface area contributed by atoms with E-state index < -0.39 is 17.2 Å². The molecule has 5 aromatic rings. The summed E-state index contributed by atoms with van der Waals surface area (Å²) in [5, 5.41) is 16.5. The van der Waals surface area contributed by atoms with Gasteiger partial charge in [-0.3, -0.25) is 9.55 Å². The van der Waals surface area contributed by atoms with Gasteiger partial charge in [0.15, 0.2) is 5.13 Å². The van der Waals surface area contributed by atoms with Crippen LogP contribution in [0, 0.1) is 24.1 Å². The molecule has 0 fully saturated rings. The Labute approximate surface area is 230 Å². The Morgan fingerprint density at radius 2 is 1.97 bits per heavy atom. The fraction of sp³-hybridized carbons (Fsp3) is 0.154. The highest BCUT2D eigenvalue weighted by molar-refractivity contribution is 7.22. The Hall–Kier alpha value is -4.60. The van der Waals surface area contributed by atoms with Gasteiger partial charge in [0.2, 0.25) is 5.95 Å². The Morgan fingerprint density at radius 3 is 2.72 bits per heavy atom. The number of fused-ring (bicyclic) bond motifs is 1. The third-order valence-electron chi connectivity index (χ3n) is 5.73. The van der Waals surface area contributed by atoms with Gasteiger partial charge in [0.1, 0.15) is 11.9 Å². The molecule has 0 atom stereocenters. The zero-order chi connectivity index (χ0) is 27.7. The topological polar surface area (TPSA) is 131 Å². The van der Waals surface area contributed by atoms with Crippen LogP contribution < -0.4 is 22.0 Å². The minimum Gasteiger partial charge on any atom is -0.362 e. The second kappa shape index (κ2) is 10.6. The molecule has 0 aliphatic carbocycles. The Morgan fingerprint density at radius 1 is 1.15 bits per heavy atom. The summed E-state index contributed by atoms with van der Waals surface area (Å²) in [4.78, 5) is 39.6. The predicted octanol–water partition coefficient (Wildman–Crippen LogP) is 4.60. The highest BCUT2D eigenvalue weighted by Crippen LogP contribution is 2.34. The number of aryl methyl sites for hydroxylation is 1. The van der Waals surface area contributed by atoms with Crippen molar-refractivity contribution in [1.29, 1.82) is 5.26 Å². The van der Waals surface area contributed by atoms with Crippen molar-refractivity contribution in [3.63, 3.8) is 0 Å². The number of aromatic nitrogens is 5. The molecule has 10 nitrogen and oxygen atoms in total. The van der Waals surface area contributed by atoms with Crippen LogP contribution in [0.3, 0.4) is 0 Å². The van der Waals surface area contributed by atoms with Crippen LogP contribution in [0.1, 0.15) is 23.6 Å². The summed E-state index contributed by atoms with van der Waals surface area (Å²) in [6, 6.07) is 10.8. The van der Waals surface area contributed by atoms with Crippen molar-refractivity contribution in [1.82, 2.24) is 24.1 Å². The summed E-state index contributed by atoms with van der Waals surface area (Å²) < 4.78 is 16.9. The van der Waals surface area contributed by atoms with E-state index in [-0.39, 0.29) is 23.7 Å². The van der Waals surface area contributed by atoms with Gasteiger partial charge in [-0.2, -0.15) is 10.2 Å². The van der Waals surface area contributed by atoms with E-state index in [1.54, 1.807) is 37.4 Å². The van der Waals surface area contributed by atoms with Gasteiger partial charge in [-0.25, -0.2) is 23.5 Å². The third kappa shape index (κ3) is 5.22. The van der Waals surface area contributed by atoms with Gasteiger partial charge in [-0.05, 0) is 55.3 Å². The number of hydrogen-bond acceptors (Lipinski definition) is 9. The van der Waals surface area contributed by atoms with E-state index in [1.165, 1.54) is 34.2 Å². The Kier molecular flexibility index (Phi) is 7.10. The zero-order valence-corrected chi connectivity index (χ0v) is 22.3. The molecule has 13 heteroatoms. The lowest BCUT2D eigenvalue weighted by Crippen LogP contribution is -2.41. The molecule has 2 aromatic carbocycles. The molecule has 0 amide bonds. The first kappa shape index (κ1) is 26.0. The van der Waals surface area contributed by atoms with E-state index in [9.17, 15) is 19.2 Å². The van der Waals surface area contributed by atoms with E-state index in [1.807, 2.05) is 6.92 Å². The molecular formula is C26H20ClFN8O2S. The Balaban J connectivity index is 1.66. The molecule has 196 valence electrons. The normalized spacial score (nSPS) is 10.9. The van der Waals surface area contributed by atoms with Crippen LogP contribution in [0.2, 0.25) is 5.02 Å². The number of benzene rings is 2. The maximum absolute atomic E-state index is 14.0. The number of rotatable bonds is 7. The monoisotopic (exact) mass is 562 g/mol. The molecule has 5 rings (SSSR count). The Bertz CT molecular complexity index is 1890. The third-order valence-corrected chi connectivity index (χ3v) is 7.02. The zero-order valence-electron chi connectivity index (χ0n) is 20.7. The molecule has 0 spiro atoms. The van der Waals surface area contributed by atoms with E-state index in [2.05, 4.69) is 25.6 Å². The maximum Gasteiger partial charge on any atom is 0.359 e. The highest BCUT2D eigenvalue weighted by Gasteiger charge is 2.18. The summed E-state index contributed by atoms with van der Waals surface area (Å²) in [5.41, 5.74) is 0.823. The fourth-order valence-electron chi connectivity index (χ4n) is 3.94. The number of nitriles is 1. The summed E-state index contributed by atoms with van der Waals surface area (Å²) >= 11 is 7.96. The molecule has 0 aliphatic heterocycles. The van der Waals surface area contributed by atoms with Gasteiger partial charge in [-0.15, -0.1) is 0 Å². The van der Waals surface area contributed by atoms with Gasteiger partial charge in [0.25, 0.3) is 0 Å². The highest BCUT2D eigenvalue weighted by atomic mass is 35.5. The molecule has 0 bridgehead atoms. The smallest absolute Gasteiger partial charge is 0.359 e. The van der Waals surface area contributed by atoms with Crippen molar-refractivity contribution in [2.24, 2.45) is 0 Å². The first-order valence-electron chi connectivity index (χ1n) is 11.7. The fourth-order valence-corrected chi connectivity index (χ4v) is 5.10. The quantitative estimate of drug-likeness (QED) is 0.294. The van der Waals surface area contributed by atoms with Crippen LogP contribution in [-0.2, 0) is 6.54 Å². The van der Waals surface area contributed by atoms with Crippen LogP contribution in [0.25, 0.3) is 15.9 Å². The summed E-state index contributed by atoms with van der Waals surface area (Å²) in [5.74, 6) is -0.759. The van der Waals surface area contributed by atoms with Crippen molar-refractivity contribution < 1.29 is 4.39 Å². The lowest BCUT2D eigenvalue weighted by molar-refractivity contribution is 0.620. The minimum atomic E-state index is -0.826. The standard InChI is InChI=1S/C26H20ClFN8O2S/c1-3-31-24-33-21-8-18(27)20(9-22(21)39-24)32-23-34-25(37)36(17-6-14(2)11-30-12-17)26(38)35(23)13-15-4-5-19(28)16(7-15)10-29/h4-9,11-12H,3,13H2,1-2H3,(H,31,33)(H,32,34,37). The average Bonchev–Trinajstić information content (AvgIpc) is 3.28. The molecule has 0 saturated carbocycles. The molecule has 0 unspecified atom stereocenters. The van der Waals surface area contributed by atoms with Gasteiger partial charge < -0.3 is 10.6 Å². The number of anilines is 3. The van der Waals surface area contributed by atoms with Gasteiger partial charge in [-0.1, -0.05) is 29.0 Å². The van der Waals surface area contributed by atoms with Crippen LogP contribution in [0.5, 0.6) is 0 Å². The summed E-state index contributed by atoms with van der Waals surface area (Å²) in [6.07, 6.45) is 2.98. The van der Waals surface area contributed by atoms with Crippen molar-refractivity contribution >= 4 is 49.9 Å². The lowest BCUT2D eigenvalue weighted by Gasteiger charge is -2.16. The van der Waals surface area contributed by atoms with Gasteiger partial charge >= 0.3 is 11.4 Å². The van der Waals surface area contributed by atoms with Gasteiger partial charge in [0.05, 0.1) is 44.9 Å². The van der Waals surface area contributed by atoms with E-state index >= 15 is 0 Å². The number of pyridine rings is 1. The average molecular weight is 563 g/mol. The molecular weight excluding hydrogens is 543 g/mol. The van der Waals surface area contributed by atoms with Crippen LogP contribution in [-0.4, -0.2) is 30.6 Å². The van der Waals surface area contributed by atoms with Crippen molar-refractivity contribution in [2.75, 3.05) is 17.2 Å². The molecule has 2 N–H and O–H groups in total. The lowest BCUT2D eigenvalue weighted by atomic mass is 10.1. The maximum atomic E-state index is 14.0. The van der Waals surface area contributed by atoms with Crippen LogP contribution in [0.4, 0.5) is 21.2 Å². The van der Waals surface area contributed by atoms with Crippen LogP contribution in [0.15, 0.2) is 58.4 Å².